The molecule has 0 unspecified atom stereocenters. The summed E-state index contributed by atoms with van der Waals surface area (Å²) in [5.74, 6) is 1.15. The van der Waals surface area contributed by atoms with E-state index in [-0.39, 0.29) is 6.04 Å². The Hall–Kier alpha value is -1.77. The molecule has 1 aliphatic rings. The third kappa shape index (κ3) is 4.15. The summed E-state index contributed by atoms with van der Waals surface area (Å²) in [7, 11) is -3.18. The van der Waals surface area contributed by atoms with Crippen LogP contribution in [0.5, 0.6) is 0 Å². The van der Waals surface area contributed by atoms with Crippen molar-refractivity contribution in [3.05, 3.63) is 30.1 Å². The molecule has 2 heterocycles. The highest BCUT2D eigenvalue weighted by Gasteiger charge is 2.23. The Morgan fingerprint density at radius 1 is 1.35 bits per heavy atom. The van der Waals surface area contributed by atoms with E-state index >= 15 is 0 Å². The Morgan fingerprint density at radius 3 is 2.91 bits per heavy atom. The van der Waals surface area contributed by atoms with E-state index in [1.165, 1.54) is 6.26 Å². The molecule has 1 fully saturated rings. The smallest absolute Gasteiger partial charge is 0.208 e. The van der Waals surface area contributed by atoms with Gasteiger partial charge in [-0.25, -0.2) is 23.1 Å². The van der Waals surface area contributed by atoms with Gasteiger partial charge in [-0.15, -0.1) is 0 Å². The Balaban J connectivity index is 1.74. The zero-order chi connectivity index (χ0) is 16.4. The number of hydrogen-bond acceptors (Lipinski definition) is 6. The molecular formula is C15H21N5O2S. The van der Waals surface area contributed by atoms with E-state index in [0.717, 1.165) is 30.3 Å². The number of fused-ring (bicyclic) bond motifs is 1. The molecule has 8 heteroatoms. The lowest BCUT2D eigenvalue weighted by atomic mass is 10.1. The van der Waals surface area contributed by atoms with Crippen molar-refractivity contribution in [2.75, 3.05) is 25.1 Å². The van der Waals surface area contributed by atoms with Crippen LogP contribution in [-0.4, -0.2) is 48.7 Å². The number of nitrogen functional groups attached to an aromatic ring is 1. The van der Waals surface area contributed by atoms with Crippen molar-refractivity contribution in [1.82, 2.24) is 19.6 Å². The number of nitrogens with zero attached hydrogens (tertiary/aromatic N) is 3. The van der Waals surface area contributed by atoms with Gasteiger partial charge in [-0.3, -0.25) is 4.90 Å². The molecule has 0 spiro atoms. The van der Waals surface area contributed by atoms with Crippen LogP contribution in [0.2, 0.25) is 0 Å². The summed E-state index contributed by atoms with van der Waals surface area (Å²) in [5, 5.41) is 0.853. The molecule has 1 aliphatic heterocycles. The van der Waals surface area contributed by atoms with Crippen molar-refractivity contribution >= 4 is 26.7 Å². The molecule has 1 aromatic heterocycles. The lowest BCUT2D eigenvalue weighted by Crippen LogP contribution is -2.47. The summed E-state index contributed by atoms with van der Waals surface area (Å²) < 4.78 is 25.4. The highest BCUT2D eigenvalue weighted by molar-refractivity contribution is 7.88. The van der Waals surface area contributed by atoms with Gasteiger partial charge in [-0.2, -0.15) is 0 Å². The third-order valence-electron chi connectivity index (χ3n) is 3.93. The van der Waals surface area contributed by atoms with E-state index in [4.69, 9.17) is 5.73 Å². The van der Waals surface area contributed by atoms with Crippen LogP contribution in [0.25, 0.3) is 10.9 Å². The van der Waals surface area contributed by atoms with Gasteiger partial charge in [0.1, 0.15) is 11.6 Å². The number of nitrogens with two attached hydrogens (primary N) is 1. The van der Waals surface area contributed by atoms with Crippen molar-refractivity contribution in [1.29, 1.82) is 0 Å². The average Bonchev–Trinajstić information content (AvgIpc) is 2.46. The summed E-state index contributed by atoms with van der Waals surface area (Å²) in [6.07, 6.45) is 2.99. The number of nitrogens with one attached hydrogen (secondary N) is 1. The molecule has 0 bridgehead atoms. The van der Waals surface area contributed by atoms with Crippen LogP contribution in [0.15, 0.2) is 24.3 Å². The Labute approximate surface area is 136 Å². The Kier molecular flexibility index (Phi) is 4.47. The normalized spacial score (nSPS) is 20.0. The van der Waals surface area contributed by atoms with Crippen molar-refractivity contribution in [2.24, 2.45) is 0 Å². The quantitative estimate of drug-likeness (QED) is 0.854. The molecule has 0 aliphatic carbocycles. The summed E-state index contributed by atoms with van der Waals surface area (Å²) >= 11 is 0. The van der Waals surface area contributed by atoms with Gasteiger partial charge in [-0.05, 0) is 31.5 Å². The topological polar surface area (TPSA) is 101 Å². The number of piperidine rings is 1. The molecule has 1 aromatic carbocycles. The van der Waals surface area contributed by atoms with E-state index in [0.29, 0.717) is 24.7 Å². The first-order valence-electron chi connectivity index (χ1n) is 7.61. The molecule has 1 saturated heterocycles. The van der Waals surface area contributed by atoms with E-state index in [1.54, 1.807) is 0 Å². The molecule has 3 N–H and O–H groups in total. The molecular weight excluding hydrogens is 314 g/mol. The highest BCUT2D eigenvalue weighted by Crippen LogP contribution is 2.19. The largest absolute Gasteiger partial charge is 0.383 e. The molecule has 124 valence electrons. The molecule has 23 heavy (non-hydrogen) atoms. The number of aromatic nitrogens is 2. The second kappa shape index (κ2) is 6.38. The molecule has 0 amide bonds. The molecule has 0 saturated carbocycles. The van der Waals surface area contributed by atoms with E-state index in [2.05, 4.69) is 19.6 Å². The number of likely N-dealkylation sites (tertiary alicyclic amines) is 1. The lowest BCUT2D eigenvalue weighted by molar-refractivity contribution is 0.190. The van der Waals surface area contributed by atoms with Gasteiger partial charge in [0.05, 0.1) is 18.3 Å². The van der Waals surface area contributed by atoms with Crippen LogP contribution in [0.3, 0.4) is 0 Å². The minimum absolute atomic E-state index is 0.0587. The van der Waals surface area contributed by atoms with Gasteiger partial charge >= 0.3 is 0 Å². The summed E-state index contributed by atoms with van der Waals surface area (Å²) in [6.45, 7) is 2.12. The first-order chi connectivity index (χ1) is 10.9. The monoisotopic (exact) mass is 335 g/mol. The van der Waals surface area contributed by atoms with Crippen molar-refractivity contribution in [3.8, 4) is 0 Å². The lowest BCUT2D eigenvalue weighted by Gasteiger charge is -2.32. The number of hydrogen-bond donors (Lipinski definition) is 2. The van der Waals surface area contributed by atoms with Crippen molar-refractivity contribution < 1.29 is 8.42 Å². The predicted octanol–water partition coefficient (Wildman–Crippen LogP) is 0.726. The van der Waals surface area contributed by atoms with Gasteiger partial charge in [0.2, 0.25) is 10.0 Å². The number of para-hydroxylation sites is 1. The van der Waals surface area contributed by atoms with Gasteiger partial charge in [-0.1, -0.05) is 12.1 Å². The fraction of sp³-hybridized carbons (Fsp3) is 0.467. The number of rotatable bonds is 4. The second-order valence-corrected chi connectivity index (χ2v) is 7.79. The summed E-state index contributed by atoms with van der Waals surface area (Å²) in [6, 6.07) is 7.60. The van der Waals surface area contributed by atoms with Gasteiger partial charge in [0.25, 0.3) is 0 Å². The van der Waals surface area contributed by atoms with Crippen molar-refractivity contribution in [3.63, 3.8) is 0 Å². The van der Waals surface area contributed by atoms with Crippen LogP contribution in [0.1, 0.15) is 18.7 Å². The highest BCUT2D eigenvalue weighted by atomic mass is 32.2. The van der Waals surface area contributed by atoms with E-state index in [9.17, 15) is 8.42 Å². The SMILES string of the molecule is CS(=O)(=O)N[C@H]1CCCN(Cc2nc(N)c3ccccc3n2)C1. The molecule has 0 radical (unpaired) electrons. The fourth-order valence-electron chi connectivity index (χ4n) is 3.02. The maximum absolute atomic E-state index is 11.4. The van der Waals surface area contributed by atoms with Crippen LogP contribution in [0.4, 0.5) is 5.82 Å². The second-order valence-electron chi connectivity index (χ2n) is 6.01. The third-order valence-corrected chi connectivity index (χ3v) is 4.69. The van der Waals surface area contributed by atoms with Crippen LogP contribution < -0.4 is 10.5 Å². The molecule has 2 aromatic rings. The zero-order valence-electron chi connectivity index (χ0n) is 13.1. The van der Waals surface area contributed by atoms with E-state index < -0.39 is 10.0 Å². The van der Waals surface area contributed by atoms with Crippen LogP contribution in [0, 0.1) is 0 Å². The number of sulfonamides is 1. The minimum Gasteiger partial charge on any atom is -0.383 e. The Morgan fingerprint density at radius 2 is 2.13 bits per heavy atom. The Bertz CT molecular complexity index is 809. The molecule has 1 atom stereocenters. The maximum atomic E-state index is 11.4. The number of benzene rings is 1. The van der Waals surface area contributed by atoms with Gasteiger partial charge in [0.15, 0.2) is 0 Å². The molecule has 7 nitrogen and oxygen atoms in total. The molecule has 3 rings (SSSR count). The summed E-state index contributed by atoms with van der Waals surface area (Å²) in [4.78, 5) is 11.1. The first kappa shape index (κ1) is 16.1. The standard InChI is InChI=1S/C15H21N5O2S/c1-23(21,22)19-11-5-4-8-20(9-11)10-14-17-13-7-3-2-6-12(13)15(16)18-14/h2-3,6-7,11,19H,4-5,8-10H2,1H3,(H2,16,17,18)/t11-/m0/s1. The van der Waals surface area contributed by atoms with E-state index in [1.807, 2.05) is 24.3 Å². The number of anilines is 1. The average molecular weight is 335 g/mol. The first-order valence-corrected chi connectivity index (χ1v) is 9.50. The summed E-state index contributed by atoms with van der Waals surface area (Å²) in [5.41, 5.74) is 6.84. The van der Waals surface area contributed by atoms with Crippen LogP contribution >= 0.6 is 0 Å². The van der Waals surface area contributed by atoms with Gasteiger partial charge < -0.3 is 5.73 Å². The fourth-order valence-corrected chi connectivity index (χ4v) is 3.82. The van der Waals surface area contributed by atoms with Crippen LogP contribution in [-0.2, 0) is 16.6 Å². The zero-order valence-corrected chi connectivity index (χ0v) is 13.9. The maximum Gasteiger partial charge on any atom is 0.208 e. The van der Waals surface area contributed by atoms with Gasteiger partial charge in [0, 0.05) is 18.0 Å². The van der Waals surface area contributed by atoms with Crippen molar-refractivity contribution in [2.45, 2.75) is 25.4 Å². The minimum atomic E-state index is -3.18. The predicted molar refractivity (Wildman–Crippen MR) is 90.2 cm³/mol.